The number of sulfonamides is 1. The smallest absolute Gasteiger partial charge is 0.325 e. The topological polar surface area (TPSA) is 112 Å². The molecule has 2 rings (SSSR count). The van der Waals surface area contributed by atoms with Crippen LogP contribution < -0.4 is 4.72 Å². The van der Waals surface area contributed by atoms with E-state index < -0.39 is 21.5 Å². The molecule has 1 unspecified atom stereocenters. The lowest BCUT2D eigenvalue weighted by atomic mass is 10.0. The second-order valence-electron chi connectivity index (χ2n) is 3.72. The molecule has 1 aromatic rings. The molecule has 2 heterocycles. The molecule has 0 spiro atoms. The maximum Gasteiger partial charge on any atom is 0.325 e. The molecule has 1 fully saturated rings. The van der Waals surface area contributed by atoms with Gasteiger partial charge in [-0.05, 0) is 18.2 Å². The summed E-state index contributed by atoms with van der Waals surface area (Å²) in [4.78, 5) is 11.2. The fourth-order valence-corrected chi connectivity index (χ4v) is 4.28. The number of aliphatic carboxylic acids is 1. The Morgan fingerprint density at radius 3 is 2.88 bits per heavy atom. The van der Waals surface area contributed by atoms with Crippen LogP contribution in [0, 0.1) is 0 Å². The molecule has 7 nitrogen and oxygen atoms in total. The lowest BCUT2D eigenvalue weighted by Gasteiger charge is -2.23. The molecule has 9 heteroatoms. The van der Waals surface area contributed by atoms with Gasteiger partial charge in [-0.3, -0.25) is 9.89 Å². The highest BCUT2D eigenvalue weighted by atomic mass is 32.2. The van der Waals surface area contributed by atoms with Gasteiger partial charge < -0.3 is 5.11 Å². The summed E-state index contributed by atoms with van der Waals surface area (Å²) in [5.74, 6) is -0.293. The van der Waals surface area contributed by atoms with Crippen LogP contribution in [0.15, 0.2) is 17.3 Å². The second kappa shape index (κ2) is 4.31. The summed E-state index contributed by atoms with van der Waals surface area (Å²) in [5.41, 5.74) is -1.41. The lowest BCUT2D eigenvalue weighted by Crippen LogP contribution is -2.54. The molecule has 0 bridgehead atoms. The van der Waals surface area contributed by atoms with E-state index in [0.29, 0.717) is 5.75 Å². The van der Waals surface area contributed by atoms with Gasteiger partial charge in [-0.2, -0.15) is 21.6 Å². The van der Waals surface area contributed by atoms with E-state index in [1.54, 1.807) is 0 Å². The average Bonchev–Trinajstić information content (AvgIpc) is 2.86. The highest BCUT2D eigenvalue weighted by Gasteiger charge is 2.45. The molecular weight excluding hydrogens is 266 g/mol. The third-order valence-corrected chi connectivity index (χ3v) is 5.18. The fourth-order valence-electron chi connectivity index (χ4n) is 1.56. The number of H-pyrrole nitrogens is 1. The van der Waals surface area contributed by atoms with Gasteiger partial charge in [-0.25, -0.2) is 8.42 Å². The van der Waals surface area contributed by atoms with Crippen LogP contribution in [0.3, 0.4) is 0 Å². The van der Waals surface area contributed by atoms with Gasteiger partial charge in [-0.15, -0.1) is 0 Å². The number of carboxylic acid groups (broad SMARTS) is 1. The second-order valence-corrected chi connectivity index (χ2v) is 6.47. The van der Waals surface area contributed by atoms with Crippen molar-refractivity contribution in [3.05, 3.63) is 12.3 Å². The zero-order valence-corrected chi connectivity index (χ0v) is 10.3. The van der Waals surface area contributed by atoms with Crippen LogP contribution in [-0.4, -0.2) is 46.7 Å². The Labute approximate surface area is 102 Å². The summed E-state index contributed by atoms with van der Waals surface area (Å²) in [6.07, 6.45) is 1.58. The minimum atomic E-state index is -3.87. The van der Waals surface area contributed by atoms with Gasteiger partial charge in [0.15, 0.2) is 5.03 Å². The van der Waals surface area contributed by atoms with Gasteiger partial charge in [0.1, 0.15) is 5.54 Å². The number of aromatic nitrogens is 2. The number of carboxylic acids is 1. The molecule has 1 aromatic heterocycles. The minimum Gasteiger partial charge on any atom is -0.480 e. The molecule has 1 aliphatic heterocycles. The number of carbonyl (C=O) groups is 1. The van der Waals surface area contributed by atoms with E-state index in [0.717, 1.165) is 0 Å². The van der Waals surface area contributed by atoms with Crippen molar-refractivity contribution >= 4 is 27.8 Å². The van der Waals surface area contributed by atoms with Crippen LogP contribution in [0.2, 0.25) is 0 Å². The zero-order chi connectivity index (χ0) is 12.5. The largest absolute Gasteiger partial charge is 0.480 e. The normalized spacial score (nSPS) is 24.9. The highest BCUT2D eigenvalue weighted by Crippen LogP contribution is 2.29. The SMILES string of the molecule is O=C(O)C1(NS(=O)(=O)c2ccn[nH]2)CCSC1. The van der Waals surface area contributed by atoms with Crippen molar-refractivity contribution in [3.63, 3.8) is 0 Å². The van der Waals surface area contributed by atoms with E-state index in [9.17, 15) is 13.2 Å². The van der Waals surface area contributed by atoms with Crippen molar-refractivity contribution in [1.29, 1.82) is 0 Å². The van der Waals surface area contributed by atoms with E-state index in [1.165, 1.54) is 24.0 Å². The van der Waals surface area contributed by atoms with Crippen molar-refractivity contribution in [2.45, 2.75) is 17.0 Å². The summed E-state index contributed by atoms with van der Waals surface area (Å²) >= 11 is 1.41. The Balaban J connectivity index is 2.28. The average molecular weight is 277 g/mol. The van der Waals surface area contributed by atoms with Gasteiger partial charge in [0, 0.05) is 5.75 Å². The molecule has 0 aromatic carbocycles. The maximum atomic E-state index is 11.9. The van der Waals surface area contributed by atoms with E-state index in [1.807, 2.05) is 0 Å². The van der Waals surface area contributed by atoms with Crippen molar-refractivity contribution in [2.75, 3.05) is 11.5 Å². The predicted molar refractivity (Wildman–Crippen MR) is 61.2 cm³/mol. The van der Waals surface area contributed by atoms with Crippen LogP contribution in [0.25, 0.3) is 0 Å². The Bertz CT molecular complexity index is 505. The van der Waals surface area contributed by atoms with Crippen molar-refractivity contribution in [3.8, 4) is 0 Å². The van der Waals surface area contributed by atoms with E-state index in [4.69, 9.17) is 5.11 Å². The third-order valence-electron chi connectivity index (χ3n) is 2.53. The van der Waals surface area contributed by atoms with Gasteiger partial charge >= 0.3 is 5.97 Å². The summed E-state index contributed by atoms with van der Waals surface area (Å²) in [7, 11) is -3.87. The molecule has 0 radical (unpaired) electrons. The summed E-state index contributed by atoms with van der Waals surface area (Å²) in [6.45, 7) is 0. The molecule has 1 aliphatic rings. The summed E-state index contributed by atoms with van der Waals surface area (Å²) in [6, 6.07) is 1.28. The van der Waals surface area contributed by atoms with Crippen LogP contribution in [-0.2, 0) is 14.8 Å². The van der Waals surface area contributed by atoms with Gasteiger partial charge in [0.25, 0.3) is 10.0 Å². The molecule has 1 saturated heterocycles. The van der Waals surface area contributed by atoms with Crippen LogP contribution >= 0.6 is 11.8 Å². The van der Waals surface area contributed by atoms with Crippen molar-refractivity contribution in [2.24, 2.45) is 0 Å². The van der Waals surface area contributed by atoms with E-state index in [2.05, 4.69) is 14.9 Å². The molecule has 0 aliphatic carbocycles. The molecule has 17 heavy (non-hydrogen) atoms. The van der Waals surface area contributed by atoms with Crippen LogP contribution in [0.5, 0.6) is 0 Å². The lowest BCUT2D eigenvalue weighted by molar-refractivity contribution is -0.142. The number of aromatic amines is 1. The first kappa shape index (κ1) is 12.4. The molecule has 94 valence electrons. The molecular formula is C8H11N3O4S2. The number of hydrogen-bond acceptors (Lipinski definition) is 5. The standard InChI is InChI=1S/C8H11N3O4S2/c12-7(13)8(2-4-16-5-8)11-17(14,15)6-1-3-9-10-6/h1,3,11H,2,4-5H2,(H,9,10)(H,12,13). The number of hydrogen-bond donors (Lipinski definition) is 3. The van der Waals surface area contributed by atoms with E-state index in [-0.39, 0.29) is 17.2 Å². The molecule has 0 amide bonds. The van der Waals surface area contributed by atoms with Gasteiger partial charge in [-0.1, -0.05) is 0 Å². The summed E-state index contributed by atoms with van der Waals surface area (Å²) in [5, 5.41) is 14.9. The first-order valence-electron chi connectivity index (χ1n) is 4.81. The van der Waals surface area contributed by atoms with Crippen LogP contribution in [0.4, 0.5) is 0 Å². The van der Waals surface area contributed by atoms with Gasteiger partial charge in [0.05, 0.1) is 6.20 Å². The zero-order valence-electron chi connectivity index (χ0n) is 8.71. The predicted octanol–water partition coefficient (Wildman–Crippen LogP) is -0.352. The van der Waals surface area contributed by atoms with Crippen molar-refractivity contribution in [1.82, 2.24) is 14.9 Å². The molecule has 3 N–H and O–H groups in total. The summed E-state index contributed by atoms with van der Waals surface area (Å²) < 4.78 is 26.1. The first-order valence-corrected chi connectivity index (χ1v) is 7.45. The van der Waals surface area contributed by atoms with Gasteiger partial charge in [0.2, 0.25) is 0 Å². The number of nitrogens with one attached hydrogen (secondary N) is 2. The quantitative estimate of drug-likeness (QED) is 0.693. The first-order chi connectivity index (χ1) is 7.96. The van der Waals surface area contributed by atoms with E-state index >= 15 is 0 Å². The fraction of sp³-hybridized carbons (Fsp3) is 0.500. The number of thioether (sulfide) groups is 1. The maximum absolute atomic E-state index is 11.9. The Kier molecular flexibility index (Phi) is 3.15. The number of rotatable bonds is 4. The Morgan fingerprint density at radius 1 is 1.65 bits per heavy atom. The Morgan fingerprint density at radius 2 is 2.41 bits per heavy atom. The third kappa shape index (κ3) is 2.31. The molecule has 0 saturated carbocycles. The van der Waals surface area contributed by atoms with Crippen LogP contribution in [0.1, 0.15) is 6.42 Å². The van der Waals surface area contributed by atoms with Crippen molar-refractivity contribution < 1.29 is 18.3 Å². The monoisotopic (exact) mass is 277 g/mol. The highest BCUT2D eigenvalue weighted by molar-refractivity contribution is 7.99. The molecule has 1 atom stereocenters. The Hall–Kier alpha value is -1.06. The number of nitrogens with zero attached hydrogens (tertiary/aromatic N) is 1. The minimum absolute atomic E-state index is 0.130.